The second-order valence-electron chi connectivity index (χ2n) is 4.66. The SMILES string of the molecule is C=CCN1C(=O)/C(=C\c2cc(OCC)c(O)c([N+](=O)[O-])c2)SC1=S. The lowest BCUT2D eigenvalue weighted by Gasteiger charge is -2.10. The summed E-state index contributed by atoms with van der Waals surface area (Å²) in [5.41, 5.74) is -0.129. The quantitative estimate of drug-likeness (QED) is 0.272. The van der Waals surface area contributed by atoms with E-state index in [9.17, 15) is 20.0 Å². The number of phenols is 1. The van der Waals surface area contributed by atoms with Crippen molar-refractivity contribution in [3.05, 3.63) is 45.4 Å². The molecule has 0 aliphatic carbocycles. The zero-order valence-corrected chi connectivity index (χ0v) is 14.4. The average molecular weight is 366 g/mol. The van der Waals surface area contributed by atoms with Crippen LogP contribution in [0.2, 0.25) is 0 Å². The number of aromatic hydroxyl groups is 1. The van der Waals surface area contributed by atoms with Gasteiger partial charge in [0.25, 0.3) is 5.91 Å². The van der Waals surface area contributed by atoms with Crippen molar-refractivity contribution in [1.29, 1.82) is 0 Å². The Morgan fingerprint density at radius 3 is 2.83 bits per heavy atom. The van der Waals surface area contributed by atoms with Crippen LogP contribution in [0.4, 0.5) is 5.69 Å². The van der Waals surface area contributed by atoms with Crippen molar-refractivity contribution in [3.8, 4) is 11.5 Å². The second-order valence-corrected chi connectivity index (χ2v) is 6.33. The van der Waals surface area contributed by atoms with E-state index in [0.717, 1.165) is 11.8 Å². The van der Waals surface area contributed by atoms with E-state index in [2.05, 4.69) is 6.58 Å². The summed E-state index contributed by atoms with van der Waals surface area (Å²) in [6, 6.07) is 2.61. The Balaban J connectivity index is 2.45. The highest BCUT2D eigenvalue weighted by Crippen LogP contribution is 2.39. The first-order valence-corrected chi connectivity index (χ1v) is 8.12. The first-order chi connectivity index (χ1) is 11.4. The van der Waals surface area contributed by atoms with Crippen LogP contribution in [-0.4, -0.2) is 38.3 Å². The van der Waals surface area contributed by atoms with Crippen LogP contribution in [0.3, 0.4) is 0 Å². The van der Waals surface area contributed by atoms with Crippen molar-refractivity contribution in [2.45, 2.75) is 6.92 Å². The molecule has 2 rings (SSSR count). The van der Waals surface area contributed by atoms with Gasteiger partial charge in [0.1, 0.15) is 4.32 Å². The summed E-state index contributed by atoms with van der Waals surface area (Å²) >= 11 is 6.24. The topological polar surface area (TPSA) is 92.9 Å². The summed E-state index contributed by atoms with van der Waals surface area (Å²) in [5.74, 6) is -0.851. The summed E-state index contributed by atoms with van der Waals surface area (Å²) in [6.07, 6.45) is 3.05. The molecule has 0 bridgehead atoms. The van der Waals surface area contributed by atoms with E-state index in [1.54, 1.807) is 13.0 Å². The van der Waals surface area contributed by atoms with Gasteiger partial charge in [0.15, 0.2) is 5.75 Å². The van der Waals surface area contributed by atoms with Gasteiger partial charge in [-0.3, -0.25) is 19.8 Å². The molecule has 0 spiro atoms. The van der Waals surface area contributed by atoms with Gasteiger partial charge in [0, 0.05) is 12.6 Å². The molecule has 1 aliphatic rings. The van der Waals surface area contributed by atoms with Crippen LogP contribution in [0.25, 0.3) is 6.08 Å². The number of rotatable bonds is 6. The lowest BCUT2D eigenvalue weighted by atomic mass is 10.1. The summed E-state index contributed by atoms with van der Waals surface area (Å²) < 4.78 is 5.61. The van der Waals surface area contributed by atoms with E-state index in [-0.39, 0.29) is 18.3 Å². The fraction of sp³-hybridized carbons (Fsp3) is 0.200. The zero-order valence-electron chi connectivity index (χ0n) is 12.7. The molecular weight excluding hydrogens is 352 g/mol. The predicted octanol–water partition coefficient (Wildman–Crippen LogP) is 3.09. The third-order valence-corrected chi connectivity index (χ3v) is 4.43. The molecule has 1 fully saturated rings. The predicted molar refractivity (Wildman–Crippen MR) is 96.0 cm³/mol. The number of ether oxygens (including phenoxy) is 1. The molecule has 1 aromatic carbocycles. The number of nitro benzene ring substituents is 1. The largest absolute Gasteiger partial charge is 0.500 e. The van der Waals surface area contributed by atoms with Gasteiger partial charge in [-0.15, -0.1) is 6.58 Å². The third kappa shape index (κ3) is 3.57. The number of carbonyl (C=O) groups is 1. The molecule has 1 amide bonds. The number of nitrogens with zero attached hydrogens (tertiary/aromatic N) is 2. The molecule has 1 saturated heterocycles. The van der Waals surface area contributed by atoms with E-state index < -0.39 is 16.4 Å². The van der Waals surface area contributed by atoms with E-state index in [1.165, 1.54) is 23.1 Å². The fourth-order valence-corrected chi connectivity index (χ4v) is 3.31. The summed E-state index contributed by atoms with van der Waals surface area (Å²) in [5, 5.41) is 21.0. The molecule has 7 nitrogen and oxygen atoms in total. The summed E-state index contributed by atoms with van der Waals surface area (Å²) in [6.45, 7) is 5.79. The van der Waals surface area contributed by atoms with E-state index >= 15 is 0 Å². The number of thioether (sulfide) groups is 1. The van der Waals surface area contributed by atoms with Gasteiger partial charge in [0.05, 0.1) is 16.4 Å². The molecule has 1 aromatic rings. The van der Waals surface area contributed by atoms with E-state index in [4.69, 9.17) is 17.0 Å². The number of amides is 1. The standard InChI is InChI=1S/C15H14N2O5S2/c1-3-5-16-14(19)12(24-15(16)23)8-9-6-10(17(20)21)13(18)11(7-9)22-4-2/h3,6-8,18H,1,4-5H2,2H3/b12-8+. The molecule has 0 atom stereocenters. The first-order valence-electron chi connectivity index (χ1n) is 6.89. The Morgan fingerprint density at radius 2 is 2.25 bits per heavy atom. The lowest BCUT2D eigenvalue weighted by molar-refractivity contribution is -0.386. The Morgan fingerprint density at radius 1 is 1.54 bits per heavy atom. The summed E-state index contributed by atoms with van der Waals surface area (Å²) in [7, 11) is 0. The molecule has 0 aromatic heterocycles. The summed E-state index contributed by atoms with van der Waals surface area (Å²) in [4.78, 5) is 24.4. The molecule has 1 N–H and O–H groups in total. The average Bonchev–Trinajstić information content (AvgIpc) is 2.78. The van der Waals surface area contributed by atoms with Crippen molar-refractivity contribution in [2.75, 3.05) is 13.2 Å². The van der Waals surface area contributed by atoms with Crippen LogP contribution in [-0.2, 0) is 4.79 Å². The Kier molecular flexibility index (Phi) is 5.58. The van der Waals surface area contributed by atoms with Crippen LogP contribution in [0.1, 0.15) is 12.5 Å². The number of hydrogen-bond donors (Lipinski definition) is 1. The smallest absolute Gasteiger partial charge is 0.315 e. The van der Waals surface area contributed by atoms with Gasteiger partial charge in [-0.05, 0) is 24.6 Å². The van der Waals surface area contributed by atoms with Crippen molar-refractivity contribution in [1.82, 2.24) is 4.90 Å². The number of nitro groups is 1. The molecule has 9 heteroatoms. The maximum Gasteiger partial charge on any atom is 0.315 e. The van der Waals surface area contributed by atoms with Crippen LogP contribution in [0, 0.1) is 10.1 Å². The van der Waals surface area contributed by atoms with Crippen LogP contribution in [0.15, 0.2) is 29.7 Å². The highest BCUT2D eigenvalue weighted by molar-refractivity contribution is 8.26. The second kappa shape index (κ2) is 7.45. The van der Waals surface area contributed by atoms with Crippen LogP contribution >= 0.6 is 24.0 Å². The minimum absolute atomic E-state index is 0.0143. The molecule has 126 valence electrons. The number of hydrogen-bond acceptors (Lipinski definition) is 7. The molecule has 0 unspecified atom stereocenters. The molecule has 24 heavy (non-hydrogen) atoms. The van der Waals surface area contributed by atoms with Gasteiger partial charge in [-0.25, -0.2) is 0 Å². The minimum Gasteiger partial charge on any atom is -0.500 e. The molecule has 1 heterocycles. The van der Waals surface area contributed by atoms with Gasteiger partial charge >= 0.3 is 5.69 Å². The maximum absolute atomic E-state index is 12.3. The number of phenolic OH excluding ortho intramolecular Hbond substituents is 1. The van der Waals surface area contributed by atoms with Crippen molar-refractivity contribution in [2.24, 2.45) is 0 Å². The highest BCUT2D eigenvalue weighted by atomic mass is 32.2. The van der Waals surface area contributed by atoms with E-state index in [1.807, 2.05) is 0 Å². The van der Waals surface area contributed by atoms with Crippen molar-refractivity contribution >= 4 is 46.0 Å². The van der Waals surface area contributed by atoms with Gasteiger partial charge in [0.2, 0.25) is 5.75 Å². The van der Waals surface area contributed by atoms with Crippen LogP contribution in [0.5, 0.6) is 11.5 Å². The first kappa shape index (κ1) is 18.0. The maximum atomic E-state index is 12.3. The Labute approximate surface area is 147 Å². The number of carbonyl (C=O) groups excluding carboxylic acids is 1. The Bertz CT molecular complexity index is 760. The van der Waals surface area contributed by atoms with Gasteiger partial charge in [-0.2, -0.15) is 0 Å². The Hall–Kier alpha value is -2.39. The number of thiocarbonyl (C=S) groups is 1. The molecular formula is C15H14N2O5S2. The highest BCUT2D eigenvalue weighted by Gasteiger charge is 2.31. The monoisotopic (exact) mass is 366 g/mol. The van der Waals surface area contributed by atoms with E-state index in [0.29, 0.717) is 21.3 Å². The van der Waals surface area contributed by atoms with Gasteiger partial charge < -0.3 is 9.84 Å². The molecule has 0 radical (unpaired) electrons. The van der Waals surface area contributed by atoms with Gasteiger partial charge in [-0.1, -0.05) is 30.1 Å². The van der Waals surface area contributed by atoms with Crippen LogP contribution < -0.4 is 4.74 Å². The number of benzene rings is 1. The third-order valence-electron chi connectivity index (χ3n) is 3.06. The lowest BCUT2D eigenvalue weighted by Crippen LogP contribution is -2.27. The normalized spacial score (nSPS) is 15.9. The fourth-order valence-electron chi connectivity index (χ4n) is 2.04. The molecule has 0 saturated carbocycles. The van der Waals surface area contributed by atoms with Crippen molar-refractivity contribution < 1.29 is 19.6 Å². The van der Waals surface area contributed by atoms with Crippen molar-refractivity contribution in [3.63, 3.8) is 0 Å². The molecule has 1 aliphatic heterocycles. The zero-order chi connectivity index (χ0) is 17.9. The minimum atomic E-state index is -0.710.